The number of hydrogen-bond acceptors (Lipinski definition) is 7. The predicted molar refractivity (Wildman–Crippen MR) is 115 cm³/mol. The van der Waals surface area contributed by atoms with Gasteiger partial charge in [0.05, 0.1) is 42.1 Å². The SMILES string of the molecule is CCOc1ccc(S(=O)(=O)N2CCOCC2)cc1NC(=O)c1ccc(OC(C)C)nc1. The van der Waals surface area contributed by atoms with E-state index >= 15 is 0 Å². The van der Waals surface area contributed by atoms with Gasteiger partial charge in [0.1, 0.15) is 5.75 Å². The van der Waals surface area contributed by atoms with Crippen molar-refractivity contribution in [2.24, 2.45) is 0 Å². The van der Waals surface area contributed by atoms with Crippen molar-refractivity contribution in [3.63, 3.8) is 0 Å². The molecule has 1 saturated heterocycles. The topological polar surface area (TPSA) is 107 Å². The molecule has 168 valence electrons. The smallest absolute Gasteiger partial charge is 0.257 e. The van der Waals surface area contributed by atoms with Gasteiger partial charge in [-0.25, -0.2) is 13.4 Å². The fraction of sp³-hybridized carbons (Fsp3) is 0.429. The molecule has 10 heteroatoms. The normalized spacial score (nSPS) is 15.0. The number of sulfonamides is 1. The molecule has 1 N–H and O–H groups in total. The number of aromatic nitrogens is 1. The third-order valence-electron chi connectivity index (χ3n) is 4.46. The molecule has 31 heavy (non-hydrogen) atoms. The molecule has 0 aliphatic carbocycles. The minimum atomic E-state index is -3.72. The number of ether oxygens (including phenoxy) is 3. The number of rotatable bonds is 8. The summed E-state index contributed by atoms with van der Waals surface area (Å²) in [6.45, 7) is 7.21. The van der Waals surface area contributed by atoms with Crippen molar-refractivity contribution in [2.45, 2.75) is 31.8 Å². The van der Waals surface area contributed by atoms with E-state index < -0.39 is 15.9 Å². The lowest BCUT2D eigenvalue weighted by atomic mass is 10.2. The molecule has 1 amide bonds. The van der Waals surface area contributed by atoms with Crippen molar-refractivity contribution in [3.05, 3.63) is 42.1 Å². The van der Waals surface area contributed by atoms with Crippen LogP contribution in [0.15, 0.2) is 41.4 Å². The van der Waals surface area contributed by atoms with Crippen LogP contribution in [0.4, 0.5) is 5.69 Å². The number of benzene rings is 1. The molecule has 1 aromatic carbocycles. The quantitative estimate of drug-likeness (QED) is 0.660. The van der Waals surface area contributed by atoms with Gasteiger partial charge in [0.2, 0.25) is 15.9 Å². The molecular weight excluding hydrogens is 422 g/mol. The van der Waals surface area contributed by atoms with Gasteiger partial charge in [0.25, 0.3) is 5.91 Å². The van der Waals surface area contributed by atoms with Gasteiger partial charge in [-0.05, 0) is 45.0 Å². The van der Waals surface area contributed by atoms with Gasteiger partial charge in [-0.3, -0.25) is 4.79 Å². The summed E-state index contributed by atoms with van der Waals surface area (Å²) in [6.07, 6.45) is 1.37. The number of amides is 1. The predicted octanol–water partition coefficient (Wildman–Crippen LogP) is 2.54. The van der Waals surface area contributed by atoms with Crippen molar-refractivity contribution in [1.82, 2.24) is 9.29 Å². The lowest BCUT2D eigenvalue weighted by molar-refractivity contribution is 0.0730. The van der Waals surface area contributed by atoms with Crippen molar-refractivity contribution in [2.75, 3.05) is 38.2 Å². The second-order valence-electron chi connectivity index (χ2n) is 7.11. The van der Waals surface area contributed by atoms with Crippen LogP contribution in [0.2, 0.25) is 0 Å². The van der Waals surface area contributed by atoms with E-state index in [2.05, 4.69) is 10.3 Å². The molecule has 2 aromatic rings. The Kier molecular flexibility index (Phi) is 7.47. The molecule has 0 unspecified atom stereocenters. The van der Waals surface area contributed by atoms with Crippen molar-refractivity contribution in [3.8, 4) is 11.6 Å². The van der Waals surface area contributed by atoms with E-state index in [0.29, 0.717) is 37.0 Å². The summed E-state index contributed by atoms with van der Waals surface area (Å²) < 4.78 is 43.6. The Bertz CT molecular complexity index is 1000. The zero-order valence-electron chi connectivity index (χ0n) is 17.8. The van der Waals surface area contributed by atoms with Crippen LogP contribution in [0.3, 0.4) is 0 Å². The minimum Gasteiger partial charge on any atom is -0.492 e. The Morgan fingerprint density at radius 1 is 1.23 bits per heavy atom. The van der Waals surface area contributed by atoms with Crippen LogP contribution < -0.4 is 14.8 Å². The first kappa shape index (κ1) is 23.0. The standard InChI is InChI=1S/C21H27N3O6S/c1-4-29-19-7-6-17(31(26,27)24-9-11-28-12-10-24)13-18(19)23-21(25)16-5-8-20(22-14-16)30-15(2)3/h5-8,13-15H,4,9-12H2,1-3H3,(H,23,25). The van der Waals surface area contributed by atoms with E-state index in [1.807, 2.05) is 13.8 Å². The molecule has 3 rings (SSSR count). The van der Waals surface area contributed by atoms with E-state index in [9.17, 15) is 13.2 Å². The summed E-state index contributed by atoms with van der Waals surface area (Å²) in [7, 11) is -3.72. The van der Waals surface area contributed by atoms with Gasteiger partial charge in [-0.2, -0.15) is 4.31 Å². The van der Waals surface area contributed by atoms with Crippen LogP contribution in [0.25, 0.3) is 0 Å². The Balaban J connectivity index is 1.84. The molecule has 1 aliphatic heterocycles. The zero-order valence-corrected chi connectivity index (χ0v) is 18.6. The highest BCUT2D eigenvalue weighted by Crippen LogP contribution is 2.30. The van der Waals surface area contributed by atoms with Crippen molar-refractivity contribution < 1.29 is 27.4 Å². The molecule has 0 atom stereocenters. The van der Waals surface area contributed by atoms with Crippen molar-refractivity contribution in [1.29, 1.82) is 0 Å². The molecule has 0 saturated carbocycles. The molecule has 0 radical (unpaired) electrons. The maximum absolute atomic E-state index is 13.0. The van der Waals surface area contributed by atoms with E-state index in [0.717, 1.165) is 0 Å². The van der Waals surface area contributed by atoms with Crippen LogP contribution in [-0.4, -0.2) is 62.6 Å². The number of morpholine rings is 1. The number of nitrogens with one attached hydrogen (secondary N) is 1. The van der Waals surface area contributed by atoms with Crippen molar-refractivity contribution >= 4 is 21.6 Å². The maximum Gasteiger partial charge on any atom is 0.257 e. The van der Waals surface area contributed by atoms with Gasteiger partial charge in [-0.1, -0.05) is 0 Å². The molecule has 1 fully saturated rings. The van der Waals surface area contributed by atoms with Crippen LogP contribution >= 0.6 is 0 Å². The summed E-state index contributed by atoms with van der Waals surface area (Å²) in [5.74, 6) is 0.357. The Morgan fingerprint density at radius 3 is 2.58 bits per heavy atom. The van der Waals surface area contributed by atoms with E-state index in [1.54, 1.807) is 25.1 Å². The maximum atomic E-state index is 13.0. The molecule has 1 aliphatic rings. The van der Waals surface area contributed by atoms with Crippen LogP contribution in [0, 0.1) is 0 Å². The molecule has 1 aromatic heterocycles. The first-order valence-corrected chi connectivity index (χ1v) is 11.5. The lowest BCUT2D eigenvalue weighted by Crippen LogP contribution is -2.40. The zero-order chi connectivity index (χ0) is 22.4. The second-order valence-corrected chi connectivity index (χ2v) is 9.05. The summed E-state index contributed by atoms with van der Waals surface area (Å²) >= 11 is 0. The number of anilines is 1. The van der Waals surface area contributed by atoms with Gasteiger partial charge >= 0.3 is 0 Å². The monoisotopic (exact) mass is 449 g/mol. The second kappa shape index (κ2) is 10.1. The van der Waals surface area contributed by atoms with Gasteiger partial charge in [-0.15, -0.1) is 0 Å². The van der Waals surface area contributed by atoms with Gasteiger partial charge in [0, 0.05) is 25.4 Å². The Labute approximate surface area is 182 Å². The van der Waals surface area contributed by atoms with E-state index in [-0.39, 0.29) is 29.8 Å². The molecule has 0 bridgehead atoms. The summed E-state index contributed by atoms with van der Waals surface area (Å²) in [5.41, 5.74) is 0.573. The first-order chi connectivity index (χ1) is 14.8. The highest BCUT2D eigenvalue weighted by atomic mass is 32.2. The number of hydrogen-bond donors (Lipinski definition) is 1. The average Bonchev–Trinajstić information content (AvgIpc) is 2.75. The summed E-state index contributed by atoms with van der Waals surface area (Å²) in [6, 6.07) is 7.64. The number of carbonyl (C=O) groups is 1. The first-order valence-electron chi connectivity index (χ1n) is 10.1. The third-order valence-corrected chi connectivity index (χ3v) is 6.36. The molecule has 9 nitrogen and oxygen atoms in total. The largest absolute Gasteiger partial charge is 0.492 e. The number of pyridine rings is 1. The van der Waals surface area contributed by atoms with E-state index in [4.69, 9.17) is 14.2 Å². The fourth-order valence-corrected chi connectivity index (χ4v) is 4.44. The number of nitrogens with zero attached hydrogens (tertiary/aromatic N) is 2. The molecule has 2 heterocycles. The highest BCUT2D eigenvalue weighted by Gasteiger charge is 2.27. The fourth-order valence-electron chi connectivity index (χ4n) is 3.00. The average molecular weight is 450 g/mol. The summed E-state index contributed by atoms with van der Waals surface area (Å²) in [5, 5.41) is 2.73. The summed E-state index contributed by atoms with van der Waals surface area (Å²) in [4.78, 5) is 16.9. The highest BCUT2D eigenvalue weighted by molar-refractivity contribution is 7.89. The molecule has 0 spiro atoms. The van der Waals surface area contributed by atoms with Gasteiger partial charge in [0.15, 0.2) is 0 Å². The lowest BCUT2D eigenvalue weighted by Gasteiger charge is -2.26. The van der Waals surface area contributed by atoms with Crippen LogP contribution in [0.1, 0.15) is 31.1 Å². The Hall–Kier alpha value is -2.69. The minimum absolute atomic E-state index is 0.0305. The third kappa shape index (κ3) is 5.72. The molecular formula is C21H27N3O6S. The van der Waals surface area contributed by atoms with Gasteiger partial charge < -0.3 is 19.5 Å². The Morgan fingerprint density at radius 2 is 1.97 bits per heavy atom. The number of carbonyl (C=O) groups excluding carboxylic acids is 1. The van der Waals surface area contributed by atoms with Crippen LogP contribution in [0.5, 0.6) is 11.6 Å². The van der Waals surface area contributed by atoms with E-state index in [1.165, 1.54) is 22.6 Å². The van der Waals surface area contributed by atoms with Crippen LogP contribution in [-0.2, 0) is 14.8 Å².